The van der Waals surface area contributed by atoms with E-state index in [1.807, 2.05) is 6.26 Å². The summed E-state index contributed by atoms with van der Waals surface area (Å²) in [5.74, 6) is -4.29. The molecule has 0 aliphatic carbocycles. The second-order valence-corrected chi connectivity index (χ2v) is 9.33. The van der Waals surface area contributed by atoms with E-state index >= 15 is 0 Å². The number of hydrogen-bond acceptors (Lipinski definition) is 8. The molecular formula is C21H40N8O6S. The highest BCUT2D eigenvalue weighted by atomic mass is 32.2. The first-order valence-corrected chi connectivity index (χ1v) is 12.9. The monoisotopic (exact) mass is 532 g/mol. The third-order valence-electron chi connectivity index (χ3n) is 5.36. The van der Waals surface area contributed by atoms with E-state index in [-0.39, 0.29) is 18.9 Å². The fraction of sp³-hybridized carbons (Fsp3) is 0.714. The van der Waals surface area contributed by atoms with Crippen molar-refractivity contribution >= 4 is 47.3 Å². The van der Waals surface area contributed by atoms with Crippen molar-refractivity contribution < 1.29 is 29.1 Å². The van der Waals surface area contributed by atoms with Crippen LogP contribution in [0.1, 0.15) is 46.0 Å². The summed E-state index contributed by atoms with van der Waals surface area (Å²) < 4.78 is 0. The van der Waals surface area contributed by atoms with Gasteiger partial charge in [-0.2, -0.15) is 11.8 Å². The van der Waals surface area contributed by atoms with Crippen LogP contribution >= 0.6 is 11.8 Å². The van der Waals surface area contributed by atoms with Crippen LogP contribution in [0.25, 0.3) is 0 Å². The van der Waals surface area contributed by atoms with Gasteiger partial charge in [0, 0.05) is 6.54 Å². The lowest BCUT2D eigenvalue weighted by atomic mass is 9.98. The van der Waals surface area contributed by atoms with Crippen LogP contribution in [0.4, 0.5) is 0 Å². The van der Waals surface area contributed by atoms with Gasteiger partial charge < -0.3 is 44.0 Å². The van der Waals surface area contributed by atoms with Crippen molar-refractivity contribution in [2.45, 2.75) is 70.1 Å². The zero-order chi connectivity index (χ0) is 27.8. The Balaban J connectivity index is 5.63. The third kappa shape index (κ3) is 13.1. The van der Waals surface area contributed by atoms with Crippen LogP contribution < -0.4 is 38.9 Å². The van der Waals surface area contributed by atoms with Crippen LogP contribution in [0.3, 0.4) is 0 Å². The van der Waals surface area contributed by atoms with Crippen molar-refractivity contribution in [2.24, 2.45) is 33.8 Å². The number of aliphatic carboxylic acids is 1. The highest BCUT2D eigenvalue weighted by Gasteiger charge is 2.32. The zero-order valence-electron chi connectivity index (χ0n) is 21.0. The summed E-state index contributed by atoms with van der Waals surface area (Å²) in [7, 11) is 0. The first-order chi connectivity index (χ1) is 16.8. The first-order valence-electron chi connectivity index (χ1n) is 11.6. The number of carbonyl (C=O) groups excluding carboxylic acids is 4. The molecule has 0 rings (SSSR count). The third-order valence-corrected chi connectivity index (χ3v) is 6.01. The molecule has 0 saturated carbocycles. The molecule has 206 valence electrons. The maximum atomic E-state index is 13.0. The molecule has 5 unspecified atom stereocenters. The van der Waals surface area contributed by atoms with Crippen LogP contribution in [-0.2, 0) is 24.0 Å². The standard InChI is InChI=1S/C21H40N8O6S/c1-4-11(2)16(20(34)35)29-19(33)14(10-15(23)30)28-18(32)13(6-5-8-26-21(24)25)27-17(31)12(22)7-9-36-3/h11-14,16H,4-10,22H2,1-3H3,(H2,23,30)(H,27,31)(H,28,32)(H,29,33)(H,34,35)(H4,24,25,26). The SMILES string of the molecule is CCC(C)C(NC(=O)C(CC(N)=O)NC(=O)C(CCCN=C(N)N)NC(=O)C(N)CCSC)C(=O)O. The second-order valence-electron chi connectivity index (χ2n) is 8.34. The zero-order valence-corrected chi connectivity index (χ0v) is 21.8. The Morgan fingerprint density at radius 2 is 1.53 bits per heavy atom. The van der Waals surface area contributed by atoms with Gasteiger partial charge in [-0.05, 0) is 37.2 Å². The molecule has 0 radical (unpaired) electrons. The topological polar surface area (TPSA) is 258 Å². The van der Waals surface area contributed by atoms with E-state index in [1.54, 1.807) is 13.8 Å². The molecule has 0 bridgehead atoms. The fourth-order valence-electron chi connectivity index (χ4n) is 3.05. The van der Waals surface area contributed by atoms with Crippen LogP contribution in [-0.4, -0.2) is 83.4 Å². The Kier molecular flexibility index (Phi) is 15.9. The first kappa shape index (κ1) is 32.9. The number of carbonyl (C=O) groups is 5. The van der Waals surface area contributed by atoms with E-state index in [2.05, 4.69) is 20.9 Å². The molecular weight excluding hydrogens is 492 g/mol. The molecule has 5 atom stereocenters. The van der Waals surface area contributed by atoms with E-state index in [9.17, 15) is 29.1 Å². The number of nitrogens with zero attached hydrogens (tertiary/aromatic N) is 1. The van der Waals surface area contributed by atoms with E-state index in [0.717, 1.165) is 0 Å². The minimum absolute atomic E-state index is 0.0964. The van der Waals surface area contributed by atoms with Crippen molar-refractivity contribution in [1.29, 1.82) is 0 Å². The second kappa shape index (κ2) is 17.4. The molecule has 36 heavy (non-hydrogen) atoms. The average Bonchev–Trinajstić information content (AvgIpc) is 2.80. The Morgan fingerprint density at radius 3 is 2.03 bits per heavy atom. The Bertz CT molecular complexity index is 792. The van der Waals surface area contributed by atoms with Crippen LogP contribution in [0.2, 0.25) is 0 Å². The number of carboxylic acid groups (broad SMARTS) is 1. The van der Waals surface area contributed by atoms with Gasteiger partial charge in [-0.25, -0.2) is 4.79 Å². The number of amides is 4. The smallest absolute Gasteiger partial charge is 0.326 e. The van der Waals surface area contributed by atoms with Gasteiger partial charge in [-0.1, -0.05) is 20.3 Å². The molecule has 0 fully saturated rings. The highest BCUT2D eigenvalue weighted by molar-refractivity contribution is 7.98. The maximum absolute atomic E-state index is 13.0. The summed E-state index contributed by atoms with van der Waals surface area (Å²) in [6.07, 6.45) is 2.53. The number of primary amides is 1. The predicted molar refractivity (Wildman–Crippen MR) is 138 cm³/mol. The molecule has 0 heterocycles. The number of thioether (sulfide) groups is 1. The van der Waals surface area contributed by atoms with Crippen LogP contribution in [0.5, 0.6) is 0 Å². The molecule has 0 aromatic carbocycles. The summed E-state index contributed by atoms with van der Waals surface area (Å²) in [5, 5.41) is 16.8. The summed E-state index contributed by atoms with van der Waals surface area (Å²) in [4.78, 5) is 65.3. The molecule has 0 aromatic rings. The molecule has 4 amide bonds. The highest BCUT2D eigenvalue weighted by Crippen LogP contribution is 2.09. The van der Waals surface area contributed by atoms with Gasteiger partial charge in [0.05, 0.1) is 12.5 Å². The molecule has 0 aromatic heterocycles. The van der Waals surface area contributed by atoms with Crippen molar-refractivity contribution in [2.75, 3.05) is 18.6 Å². The van der Waals surface area contributed by atoms with E-state index < -0.39 is 66.1 Å². The minimum Gasteiger partial charge on any atom is -0.480 e. The van der Waals surface area contributed by atoms with E-state index in [4.69, 9.17) is 22.9 Å². The molecule has 0 spiro atoms. The van der Waals surface area contributed by atoms with Gasteiger partial charge in [0.15, 0.2) is 5.96 Å². The van der Waals surface area contributed by atoms with Gasteiger partial charge >= 0.3 is 5.97 Å². The van der Waals surface area contributed by atoms with Crippen molar-refractivity contribution in [3.05, 3.63) is 0 Å². The molecule has 12 N–H and O–H groups in total. The van der Waals surface area contributed by atoms with Gasteiger partial charge in [0.25, 0.3) is 0 Å². The fourth-order valence-corrected chi connectivity index (χ4v) is 3.54. The minimum atomic E-state index is -1.46. The number of guanidine groups is 1. The van der Waals surface area contributed by atoms with Crippen LogP contribution in [0.15, 0.2) is 4.99 Å². The summed E-state index contributed by atoms with van der Waals surface area (Å²) in [6, 6.07) is -4.68. The molecule has 14 nitrogen and oxygen atoms in total. The number of rotatable bonds is 18. The molecule has 0 aliphatic rings. The lowest BCUT2D eigenvalue weighted by Gasteiger charge is -2.26. The number of nitrogens with two attached hydrogens (primary N) is 4. The van der Waals surface area contributed by atoms with Crippen LogP contribution in [0, 0.1) is 5.92 Å². The van der Waals surface area contributed by atoms with Crippen molar-refractivity contribution in [1.82, 2.24) is 16.0 Å². The number of carboxylic acids is 1. The largest absolute Gasteiger partial charge is 0.480 e. The van der Waals surface area contributed by atoms with Gasteiger partial charge in [0.2, 0.25) is 23.6 Å². The summed E-state index contributed by atoms with van der Waals surface area (Å²) >= 11 is 1.51. The molecule has 0 saturated heterocycles. The Hall–Kier alpha value is -3.07. The number of aliphatic imine (C=N–C) groups is 1. The van der Waals surface area contributed by atoms with Crippen molar-refractivity contribution in [3.63, 3.8) is 0 Å². The summed E-state index contributed by atoms with van der Waals surface area (Å²) in [5.41, 5.74) is 21.7. The normalized spacial score (nSPS) is 14.9. The lowest BCUT2D eigenvalue weighted by molar-refractivity contribution is -0.144. The lowest BCUT2D eigenvalue weighted by Crippen LogP contribution is -2.58. The van der Waals surface area contributed by atoms with Gasteiger partial charge in [0.1, 0.15) is 18.1 Å². The van der Waals surface area contributed by atoms with Gasteiger partial charge in [-0.15, -0.1) is 0 Å². The average molecular weight is 533 g/mol. The maximum Gasteiger partial charge on any atom is 0.326 e. The van der Waals surface area contributed by atoms with E-state index in [0.29, 0.717) is 25.0 Å². The molecule has 0 aliphatic heterocycles. The predicted octanol–water partition coefficient (Wildman–Crippen LogP) is -2.42. The van der Waals surface area contributed by atoms with Gasteiger partial charge in [-0.3, -0.25) is 24.2 Å². The molecule has 15 heteroatoms. The number of nitrogens with one attached hydrogen (secondary N) is 3. The van der Waals surface area contributed by atoms with E-state index in [1.165, 1.54) is 11.8 Å². The summed E-state index contributed by atoms with van der Waals surface area (Å²) in [6.45, 7) is 3.58. The number of hydrogen-bond donors (Lipinski definition) is 8. The quantitative estimate of drug-likeness (QED) is 0.0526. The Morgan fingerprint density at radius 1 is 0.944 bits per heavy atom. The van der Waals surface area contributed by atoms with Crippen molar-refractivity contribution in [3.8, 4) is 0 Å². The Labute approximate surface area is 215 Å².